The van der Waals surface area contributed by atoms with Crippen LogP contribution in [0.3, 0.4) is 0 Å². The Labute approximate surface area is 130 Å². The topological polar surface area (TPSA) is 0 Å². The Kier molecular flexibility index (Phi) is 4.36. The molecule has 2 aromatic carbocycles. The maximum atomic E-state index is 6.40. The number of rotatable bonds is 2. The van der Waals surface area contributed by atoms with E-state index in [1.54, 1.807) is 42.5 Å². The third-order valence-corrected chi connectivity index (χ3v) is 4.08. The molecular formula is C13H7Cl5. The average Bonchev–Trinajstić information content (AvgIpc) is 2.28. The summed E-state index contributed by atoms with van der Waals surface area (Å²) < 4.78 is -1.27. The van der Waals surface area contributed by atoms with E-state index < -0.39 is 4.33 Å². The van der Waals surface area contributed by atoms with Gasteiger partial charge in [0, 0.05) is 20.6 Å². The highest BCUT2D eigenvalue weighted by atomic mass is 35.5. The minimum atomic E-state index is -1.27. The van der Waals surface area contributed by atoms with E-state index in [1.807, 2.05) is 0 Å². The maximum absolute atomic E-state index is 6.40. The second-order valence-electron chi connectivity index (χ2n) is 3.71. The normalized spacial score (nSPS) is 11.6. The lowest BCUT2D eigenvalue weighted by molar-refractivity contribution is 1.04. The Balaban J connectivity index is 2.53. The first kappa shape index (κ1) is 14.3. The lowest BCUT2D eigenvalue weighted by Gasteiger charge is -2.22. The molecule has 0 amide bonds. The number of hydrogen-bond acceptors (Lipinski definition) is 0. The summed E-state index contributed by atoms with van der Waals surface area (Å²) in [7, 11) is 0. The van der Waals surface area contributed by atoms with Gasteiger partial charge in [0.15, 0.2) is 4.33 Å². The smallest absolute Gasteiger partial charge is 0.0909 e. The van der Waals surface area contributed by atoms with Crippen molar-refractivity contribution in [3.8, 4) is 0 Å². The lowest BCUT2D eigenvalue weighted by atomic mass is 10.0. The zero-order chi connectivity index (χ0) is 13.3. The van der Waals surface area contributed by atoms with Gasteiger partial charge in [0.1, 0.15) is 0 Å². The summed E-state index contributed by atoms with van der Waals surface area (Å²) in [5, 5.41) is 1.50. The van der Waals surface area contributed by atoms with Crippen molar-refractivity contribution >= 4 is 58.0 Å². The molecule has 0 aliphatic carbocycles. The molecule has 0 bridgehead atoms. The van der Waals surface area contributed by atoms with Gasteiger partial charge in [0.25, 0.3) is 0 Å². The number of benzene rings is 2. The van der Waals surface area contributed by atoms with Crippen molar-refractivity contribution in [2.75, 3.05) is 0 Å². The van der Waals surface area contributed by atoms with Gasteiger partial charge in [-0.15, -0.1) is 0 Å². The van der Waals surface area contributed by atoms with Crippen LogP contribution in [0.4, 0.5) is 0 Å². The van der Waals surface area contributed by atoms with Gasteiger partial charge in [-0.05, 0) is 29.8 Å². The SMILES string of the molecule is Clc1cccc(C(Cl)(Cl)c2ccc(Cl)cc2Cl)c1. The molecule has 0 aliphatic heterocycles. The summed E-state index contributed by atoms with van der Waals surface area (Å²) in [4.78, 5) is 0. The number of hydrogen-bond donors (Lipinski definition) is 0. The molecule has 94 valence electrons. The molecule has 0 saturated heterocycles. The second-order valence-corrected chi connectivity index (χ2v) is 6.32. The minimum absolute atomic E-state index is 0.410. The molecule has 0 spiro atoms. The van der Waals surface area contributed by atoms with E-state index in [0.717, 1.165) is 0 Å². The van der Waals surface area contributed by atoms with Gasteiger partial charge < -0.3 is 0 Å². The first-order valence-corrected chi connectivity index (χ1v) is 6.89. The molecule has 18 heavy (non-hydrogen) atoms. The van der Waals surface area contributed by atoms with Crippen molar-refractivity contribution in [1.29, 1.82) is 0 Å². The fraction of sp³-hybridized carbons (Fsp3) is 0.0769. The highest BCUT2D eigenvalue weighted by molar-refractivity contribution is 6.51. The second kappa shape index (κ2) is 5.48. The molecular weight excluding hydrogens is 333 g/mol. The summed E-state index contributed by atoms with van der Waals surface area (Å²) in [6, 6.07) is 12.0. The highest BCUT2D eigenvalue weighted by Crippen LogP contribution is 2.44. The van der Waals surface area contributed by atoms with E-state index >= 15 is 0 Å². The zero-order valence-corrected chi connectivity index (χ0v) is 12.7. The molecule has 0 atom stereocenters. The summed E-state index contributed by atoms with van der Waals surface area (Å²) in [5.41, 5.74) is 1.22. The van der Waals surface area contributed by atoms with Crippen LogP contribution >= 0.6 is 58.0 Å². The molecule has 0 unspecified atom stereocenters. The van der Waals surface area contributed by atoms with Crippen LogP contribution in [0.25, 0.3) is 0 Å². The number of halogens is 5. The molecule has 5 heteroatoms. The lowest BCUT2D eigenvalue weighted by Crippen LogP contribution is -2.12. The Morgan fingerprint density at radius 2 is 1.44 bits per heavy atom. The average molecular weight is 340 g/mol. The van der Waals surface area contributed by atoms with E-state index in [2.05, 4.69) is 0 Å². The Morgan fingerprint density at radius 1 is 0.778 bits per heavy atom. The van der Waals surface area contributed by atoms with E-state index in [4.69, 9.17) is 58.0 Å². The fourth-order valence-electron chi connectivity index (χ4n) is 1.58. The van der Waals surface area contributed by atoms with Crippen molar-refractivity contribution < 1.29 is 0 Å². The molecule has 2 aromatic rings. The Morgan fingerprint density at radius 3 is 2.06 bits per heavy atom. The van der Waals surface area contributed by atoms with Gasteiger partial charge in [-0.25, -0.2) is 0 Å². The van der Waals surface area contributed by atoms with Gasteiger partial charge in [0.2, 0.25) is 0 Å². The van der Waals surface area contributed by atoms with Gasteiger partial charge >= 0.3 is 0 Å². The van der Waals surface area contributed by atoms with E-state index in [0.29, 0.717) is 26.2 Å². The quantitative estimate of drug-likeness (QED) is 0.561. The van der Waals surface area contributed by atoms with Gasteiger partial charge in [-0.1, -0.05) is 76.2 Å². The molecule has 0 radical (unpaired) electrons. The molecule has 2 rings (SSSR count). The molecule has 0 heterocycles. The van der Waals surface area contributed by atoms with Gasteiger partial charge in [-0.2, -0.15) is 0 Å². The molecule has 0 aliphatic rings. The first-order valence-electron chi connectivity index (χ1n) is 5.00. The van der Waals surface area contributed by atoms with Crippen LogP contribution < -0.4 is 0 Å². The van der Waals surface area contributed by atoms with Crippen LogP contribution in [0.2, 0.25) is 15.1 Å². The molecule has 0 saturated carbocycles. The van der Waals surface area contributed by atoms with Gasteiger partial charge in [-0.3, -0.25) is 0 Å². The summed E-state index contributed by atoms with van der Waals surface area (Å²) in [5.74, 6) is 0. The zero-order valence-electron chi connectivity index (χ0n) is 8.93. The summed E-state index contributed by atoms with van der Waals surface area (Å²) in [6.45, 7) is 0. The van der Waals surface area contributed by atoms with E-state index in [9.17, 15) is 0 Å². The molecule has 0 aromatic heterocycles. The summed E-state index contributed by atoms with van der Waals surface area (Å²) >= 11 is 30.7. The highest BCUT2D eigenvalue weighted by Gasteiger charge is 2.31. The van der Waals surface area contributed by atoms with Crippen LogP contribution in [0, 0.1) is 0 Å². The van der Waals surface area contributed by atoms with Crippen molar-refractivity contribution in [2.24, 2.45) is 0 Å². The third-order valence-electron chi connectivity index (χ3n) is 2.46. The van der Waals surface area contributed by atoms with Crippen LogP contribution in [-0.4, -0.2) is 0 Å². The maximum Gasteiger partial charge on any atom is 0.169 e. The minimum Gasteiger partial charge on any atom is -0.0909 e. The monoisotopic (exact) mass is 338 g/mol. The Bertz CT molecular complexity index is 577. The van der Waals surface area contributed by atoms with Crippen molar-refractivity contribution in [3.05, 3.63) is 68.7 Å². The van der Waals surface area contributed by atoms with Gasteiger partial charge in [0.05, 0.1) is 0 Å². The predicted octanol–water partition coefficient (Wildman–Crippen LogP) is 6.33. The van der Waals surface area contributed by atoms with E-state index in [1.165, 1.54) is 0 Å². The first-order chi connectivity index (χ1) is 8.41. The van der Waals surface area contributed by atoms with Crippen molar-refractivity contribution in [2.45, 2.75) is 4.33 Å². The van der Waals surface area contributed by atoms with Crippen LogP contribution in [0.1, 0.15) is 11.1 Å². The van der Waals surface area contributed by atoms with Crippen molar-refractivity contribution in [3.63, 3.8) is 0 Å². The van der Waals surface area contributed by atoms with E-state index in [-0.39, 0.29) is 0 Å². The standard InChI is InChI=1S/C13H7Cl5/c14-9-3-1-2-8(6-9)13(17,18)11-5-4-10(15)7-12(11)16/h1-7H. The predicted molar refractivity (Wildman–Crippen MR) is 80.4 cm³/mol. The summed E-state index contributed by atoms with van der Waals surface area (Å²) in [6.07, 6.45) is 0. The molecule has 0 N–H and O–H groups in total. The number of alkyl halides is 2. The van der Waals surface area contributed by atoms with Crippen LogP contribution in [-0.2, 0) is 4.33 Å². The Hall–Kier alpha value is -0.110. The van der Waals surface area contributed by atoms with Crippen molar-refractivity contribution in [1.82, 2.24) is 0 Å². The third kappa shape index (κ3) is 2.89. The molecule has 0 nitrogen and oxygen atoms in total. The fourth-order valence-corrected chi connectivity index (χ4v) is 2.99. The molecule has 0 fully saturated rings. The van der Waals surface area contributed by atoms with Crippen LogP contribution in [0.5, 0.6) is 0 Å². The largest absolute Gasteiger partial charge is 0.169 e. The van der Waals surface area contributed by atoms with Crippen LogP contribution in [0.15, 0.2) is 42.5 Å².